The van der Waals surface area contributed by atoms with E-state index in [-0.39, 0.29) is 0 Å². The average Bonchev–Trinajstić information content (AvgIpc) is 2.79. The highest BCUT2D eigenvalue weighted by molar-refractivity contribution is 5.32. The maximum atomic E-state index is 10.1. The zero-order valence-electron chi connectivity index (χ0n) is 11.6. The molecule has 5 nitrogen and oxygen atoms in total. The monoisotopic (exact) mass is 271 g/mol. The first kappa shape index (κ1) is 14.3. The van der Waals surface area contributed by atoms with Gasteiger partial charge in [0, 0.05) is 18.7 Å². The van der Waals surface area contributed by atoms with E-state index >= 15 is 0 Å². The molecule has 0 spiro atoms. The summed E-state index contributed by atoms with van der Waals surface area (Å²) >= 11 is 0. The van der Waals surface area contributed by atoms with Crippen LogP contribution in [0.1, 0.15) is 34.2 Å². The van der Waals surface area contributed by atoms with Crippen molar-refractivity contribution in [2.45, 2.75) is 26.5 Å². The molecule has 5 heteroatoms. The molecule has 2 rings (SSSR count). The number of hydrogen-bond donors (Lipinski definition) is 2. The Bertz CT molecular complexity index is 592. The van der Waals surface area contributed by atoms with Crippen molar-refractivity contribution in [2.24, 2.45) is 0 Å². The molecule has 1 unspecified atom stereocenters. The third kappa shape index (κ3) is 3.23. The van der Waals surface area contributed by atoms with Crippen LogP contribution >= 0.6 is 0 Å². The molecule has 1 heterocycles. The van der Waals surface area contributed by atoms with Crippen molar-refractivity contribution in [2.75, 3.05) is 6.54 Å². The van der Waals surface area contributed by atoms with E-state index in [0.29, 0.717) is 18.7 Å². The minimum atomic E-state index is -0.608. The molecule has 0 aliphatic carbocycles. The molecular weight excluding hydrogens is 254 g/mol. The molecule has 2 N–H and O–H groups in total. The number of rotatable bonds is 5. The van der Waals surface area contributed by atoms with Gasteiger partial charge >= 0.3 is 0 Å². The van der Waals surface area contributed by atoms with Crippen LogP contribution in [0.3, 0.4) is 0 Å². The molecular formula is C15H17N3O2. The normalized spacial score (nSPS) is 12.1. The Kier molecular flexibility index (Phi) is 4.51. The zero-order chi connectivity index (χ0) is 14.5. The van der Waals surface area contributed by atoms with Gasteiger partial charge in [-0.25, -0.2) is 0 Å². The van der Waals surface area contributed by atoms with E-state index in [0.717, 1.165) is 22.6 Å². The number of aromatic nitrogens is 1. The van der Waals surface area contributed by atoms with E-state index in [4.69, 9.17) is 9.78 Å². The Hall–Kier alpha value is -2.16. The maximum absolute atomic E-state index is 10.1. The summed E-state index contributed by atoms with van der Waals surface area (Å²) in [7, 11) is 0. The van der Waals surface area contributed by atoms with Crippen LogP contribution in [0.5, 0.6) is 0 Å². The number of nitrogens with zero attached hydrogens (tertiary/aromatic N) is 2. The lowest BCUT2D eigenvalue weighted by molar-refractivity contribution is 0.174. The number of nitrogens with one attached hydrogen (secondary N) is 1. The van der Waals surface area contributed by atoms with Gasteiger partial charge in [-0.1, -0.05) is 17.3 Å². The Labute approximate surface area is 117 Å². The molecule has 1 aromatic carbocycles. The van der Waals surface area contributed by atoms with E-state index in [1.165, 1.54) is 0 Å². The molecule has 0 saturated carbocycles. The van der Waals surface area contributed by atoms with Crippen LogP contribution in [-0.2, 0) is 6.54 Å². The fourth-order valence-corrected chi connectivity index (χ4v) is 1.99. The summed E-state index contributed by atoms with van der Waals surface area (Å²) in [4.78, 5) is 0. The third-order valence-corrected chi connectivity index (χ3v) is 3.25. The van der Waals surface area contributed by atoms with Gasteiger partial charge < -0.3 is 14.9 Å². The summed E-state index contributed by atoms with van der Waals surface area (Å²) in [6.45, 7) is 4.79. The zero-order valence-corrected chi connectivity index (χ0v) is 11.6. The summed E-state index contributed by atoms with van der Waals surface area (Å²) in [5.41, 5.74) is 3.26. The molecule has 20 heavy (non-hydrogen) atoms. The first-order chi connectivity index (χ1) is 9.61. The quantitative estimate of drug-likeness (QED) is 0.869. The van der Waals surface area contributed by atoms with Gasteiger partial charge in [0.1, 0.15) is 5.76 Å². The maximum Gasteiger partial charge on any atom is 0.138 e. The lowest BCUT2D eigenvalue weighted by Gasteiger charge is -2.12. The Morgan fingerprint density at radius 3 is 2.60 bits per heavy atom. The van der Waals surface area contributed by atoms with E-state index in [9.17, 15) is 5.11 Å². The molecule has 104 valence electrons. The van der Waals surface area contributed by atoms with Crippen LogP contribution in [0.25, 0.3) is 0 Å². The predicted molar refractivity (Wildman–Crippen MR) is 73.8 cm³/mol. The van der Waals surface area contributed by atoms with Crippen LogP contribution in [0, 0.1) is 25.2 Å². The van der Waals surface area contributed by atoms with Crippen molar-refractivity contribution in [3.63, 3.8) is 0 Å². The van der Waals surface area contributed by atoms with Crippen molar-refractivity contribution in [3.8, 4) is 6.07 Å². The first-order valence-electron chi connectivity index (χ1n) is 6.42. The Balaban J connectivity index is 1.89. The highest BCUT2D eigenvalue weighted by atomic mass is 16.5. The highest BCUT2D eigenvalue weighted by Crippen LogP contribution is 2.14. The van der Waals surface area contributed by atoms with Gasteiger partial charge in [0.15, 0.2) is 0 Å². The van der Waals surface area contributed by atoms with Gasteiger partial charge in [-0.05, 0) is 31.5 Å². The van der Waals surface area contributed by atoms with Crippen LogP contribution in [0.4, 0.5) is 0 Å². The summed E-state index contributed by atoms with van der Waals surface area (Å²) in [6, 6.07) is 8.98. The second-order valence-corrected chi connectivity index (χ2v) is 4.68. The van der Waals surface area contributed by atoms with Gasteiger partial charge in [-0.2, -0.15) is 5.26 Å². The fraction of sp³-hybridized carbons (Fsp3) is 0.333. The van der Waals surface area contributed by atoms with Gasteiger partial charge in [-0.15, -0.1) is 0 Å². The number of aliphatic hydroxyl groups is 1. The van der Waals surface area contributed by atoms with Gasteiger partial charge in [0.2, 0.25) is 0 Å². The minimum Gasteiger partial charge on any atom is -0.387 e. The summed E-state index contributed by atoms with van der Waals surface area (Å²) in [5, 5.41) is 25.9. The molecule has 0 amide bonds. The van der Waals surface area contributed by atoms with Gasteiger partial charge in [0.05, 0.1) is 23.4 Å². The number of aryl methyl sites for hydroxylation is 2. The third-order valence-electron chi connectivity index (χ3n) is 3.25. The molecule has 1 aromatic heterocycles. The second-order valence-electron chi connectivity index (χ2n) is 4.68. The number of hydrogen-bond acceptors (Lipinski definition) is 5. The van der Waals surface area contributed by atoms with Gasteiger partial charge in [0.25, 0.3) is 0 Å². The van der Waals surface area contributed by atoms with E-state index < -0.39 is 6.10 Å². The Morgan fingerprint density at radius 2 is 2.05 bits per heavy atom. The second kappa shape index (κ2) is 6.33. The Morgan fingerprint density at radius 1 is 1.35 bits per heavy atom. The number of aliphatic hydroxyl groups excluding tert-OH is 1. The topological polar surface area (TPSA) is 82.1 Å². The van der Waals surface area contributed by atoms with Crippen molar-refractivity contribution < 1.29 is 9.63 Å². The fourth-order valence-electron chi connectivity index (χ4n) is 1.99. The highest BCUT2D eigenvalue weighted by Gasteiger charge is 2.10. The van der Waals surface area contributed by atoms with Crippen LogP contribution in [0.15, 0.2) is 28.8 Å². The molecule has 0 bridgehead atoms. The summed E-state index contributed by atoms with van der Waals surface area (Å²) in [5.74, 6) is 0.794. The molecule has 0 saturated heterocycles. The molecule has 0 radical (unpaired) electrons. The summed E-state index contributed by atoms with van der Waals surface area (Å²) < 4.78 is 5.08. The SMILES string of the molecule is Cc1noc(C)c1CNCC(O)c1ccc(C#N)cc1. The van der Waals surface area contributed by atoms with Crippen molar-refractivity contribution >= 4 is 0 Å². The average molecular weight is 271 g/mol. The molecule has 0 aliphatic heterocycles. The molecule has 0 fully saturated rings. The van der Waals surface area contributed by atoms with Crippen molar-refractivity contribution in [3.05, 3.63) is 52.4 Å². The van der Waals surface area contributed by atoms with E-state index in [1.807, 2.05) is 13.8 Å². The van der Waals surface area contributed by atoms with Crippen LogP contribution < -0.4 is 5.32 Å². The molecule has 1 atom stereocenters. The van der Waals surface area contributed by atoms with E-state index in [1.54, 1.807) is 24.3 Å². The number of nitriles is 1. The van der Waals surface area contributed by atoms with Crippen molar-refractivity contribution in [1.29, 1.82) is 5.26 Å². The number of benzene rings is 1. The van der Waals surface area contributed by atoms with Gasteiger partial charge in [-0.3, -0.25) is 0 Å². The standard InChI is InChI=1S/C15H17N3O2/c1-10-14(11(2)20-18-10)8-17-9-15(19)13-5-3-12(7-16)4-6-13/h3-6,15,17,19H,8-9H2,1-2H3. The smallest absolute Gasteiger partial charge is 0.138 e. The lowest BCUT2D eigenvalue weighted by atomic mass is 10.1. The summed E-state index contributed by atoms with van der Waals surface area (Å²) in [6.07, 6.45) is -0.608. The first-order valence-corrected chi connectivity index (χ1v) is 6.42. The minimum absolute atomic E-state index is 0.427. The lowest BCUT2D eigenvalue weighted by Crippen LogP contribution is -2.21. The van der Waals surface area contributed by atoms with Crippen LogP contribution in [0.2, 0.25) is 0 Å². The predicted octanol–water partition coefficient (Wildman–Crippen LogP) is 1.99. The molecule has 0 aliphatic rings. The van der Waals surface area contributed by atoms with E-state index in [2.05, 4.69) is 16.5 Å². The van der Waals surface area contributed by atoms with Crippen LogP contribution in [-0.4, -0.2) is 16.8 Å². The van der Waals surface area contributed by atoms with Crippen molar-refractivity contribution in [1.82, 2.24) is 10.5 Å². The largest absolute Gasteiger partial charge is 0.387 e. The molecule has 2 aromatic rings.